The van der Waals surface area contributed by atoms with Gasteiger partial charge in [0, 0.05) is 25.3 Å². The second-order valence-corrected chi connectivity index (χ2v) is 5.74. The highest BCUT2D eigenvalue weighted by Crippen LogP contribution is 2.38. The average molecular weight is 277 g/mol. The Hall–Kier alpha value is -1.65. The van der Waals surface area contributed by atoms with Gasteiger partial charge in [0.1, 0.15) is 0 Å². The third-order valence-electron chi connectivity index (χ3n) is 4.33. The van der Waals surface area contributed by atoms with Crippen molar-refractivity contribution < 1.29 is 9.18 Å². The Morgan fingerprint density at radius 3 is 3.05 bits per heavy atom. The van der Waals surface area contributed by atoms with E-state index in [-0.39, 0.29) is 17.3 Å². The SMILES string of the molecule is CCCNc1nccc(C(=O)N2CC3CCC2C3)c1F. The number of hydrogen-bond donors (Lipinski definition) is 1. The molecule has 1 N–H and O–H groups in total. The summed E-state index contributed by atoms with van der Waals surface area (Å²) in [6.45, 7) is 3.43. The number of nitrogens with zero attached hydrogens (tertiary/aromatic N) is 2. The van der Waals surface area contributed by atoms with Crippen LogP contribution in [0.5, 0.6) is 0 Å². The molecule has 1 aromatic rings. The standard InChI is InChI=1S/C15H20FN3O/c1-2-6-17-14-13(16)12(5-7-18-14)15(20)19-9-10-3-4-11(19)8-10/h5,7,10-11H,2-4,6,8-9H2,1H3,(H,17,18). The summed E-state index contributed by atoms with van der Waals surface area (Å²) >= 11 is 0. The maximum atomic E-state index is 14.4. The van der Waals surface area contributed by atoms with Gasteiger partial charge in [-0.05, 0) is 37.7 Å². The van der Waals surface area contributed by atoms with Crippen molar-refractivity contribution in [3.63, 3.8) is 0 Å². The highest BCUT2D eigenvalue weighted by molar-refractivity contribution is 5.95. The molecule has 1 saturated carbocycles. The van der Waals surface area contributed by atoms with E-state index in [4.69, 9.17) is 0 Å². The van der Waals surface area contributed by atoms with Gasteiger partial charge in [0.2, 0.25) is 0 Å². The van der Waals surface area contributed by atoms with Gasteiger partial charge in [0.25, 0.3) is 5.91 Å². The zero-order chi connectivity index (χ0) is 14.1. The average Bonchev–Trinajstić information content (AvgIpc) is 3.08. The van der Waals surface area contributed by atoms with Crippen molar-refractivity contribution in [3.8, 4) is 0 Å². The van der Waals surface area contributed by atoms with Crippen LogP contribution < -0.4 is 5.32 Å². The monoisotopic (exact) mass is 277 g/mol. The minimum atomic E-state index is -0.520. The molecule has 2 heterocycles. The molecule has 2 fully saturated rings. The molecule has 1 aromatic heterocycles. The van der Waals surface area contributed by atoms with Crippen LogP contribution in [0.15, 0.2) is 12.3 Å². The predicted molar refractivity (Wildman–Crippen MR) is 75.1 cm³/mol. The summed E-state index contributed by atoms with van der Waals surface area (Å²) in [6, 6.07) is 1.80. The van der Waals surface area contributed by atoms with Crippen LogP contribution in [-0.2, 0) is 0 Å². The van der Waals surface area contributed by atoms with Gasteiger partial charge in [-0.1, -0.05) is 6.92 Å². The first-order valence-electron chi connectivity index (χ1n) is 7.40. The van der Waals surface area contributed by atoms with Crippen LogP contribution in [0.25, 0.3) is 0 Å². The van der Waals surface area contributed by atoms with Crippen LogP contribution >= 0.6 is 0 Å². The number of hydrogen-bond acceptors (Lipinski definition) is 3. The Bertz CT molecular complexity index is 520. The summed E-state index contributed by atoms with van der Waals surface area (Å²) < 4.78 is 14.4. The number of carbonyl (C=O) groups excluding carboxylic acids is 1. The van der Waals surface area contributed by atoms with Crippen molar-refractivity contribution in [3.05, 3.63) is 23.6 Å². The van der Waals surface area contributed by atoms with E-state index in [0.29, 0.717) is 18.5 Å². The summed E-state index contributed by atoms with van der Waals surface area (Å²) in [5.74, 6) is 0.0963. The van der Waals surface area contributed by atoms with Gasteiger partial charge in [-0.3, -0.25) is 4.79 Å². The van der Waals surface area contributed by atoms with Crippen molar-refractivity contribution in [2.45, 2.75) is 38.6 Å². The third kappa shape index (κ3) is 2.25. The van der Waals surface area contributed by atoms with Crippen molar-refractivity contribution in [1.82, 2.24) is 9.88 Å². The fourth-order valence-electron chi connectivity index (χ4n) is 3.30. The van der Waals surface area contributed by atoms with Gasteiger partial charge < -0.3 is 10.2 Å². The maximum absolute atomic E-state index is 14.4. The van der Waals surface area contributed by atoms with E-state index in [9.17, 15) is 9.18 Å². The Morgan fingerprint density at radius 2 is 2.40 bits per heavy atom. The van der Waals surface area contributed by atoms with Crippen LogP contribution in [-0.4, -0.2) is 34.9 Å². The van der Waals surface area contributed by atoms with E-state index in [1.807, 2.05) is 11.8 Å². The van der Waals surface area contributed by atoms with E-state index < -0.39 is 5.82 Å². The lowest BCUT2D eigenvalue weighted by atomic mass is 10.1. The molecule has 0 spiro atoms. The van der Waals surface area contributed by atoms with Crippen LogP contribution in [0.2, 0.25) is 0 Å². The minimum absolute atomic E-state index is 0.145. The molecule has 1 amide bonds. The van der Waals surface area contributed by atoms with Crippen LogP contribution in [0.4, 0.5) is 10.2 Å². The molecule has 2 aliphatic rings. The number of anilines is 1. The number of carbonyl (C=O) groups is 1. The first kappa shape index (κ1) is 13.3. The maximum Gasteiger partial charge on any atom is 0.257 e. The number of halogens is 1. The summed E-state index contributed by atoms with van der Waals surface area (Å²) in [5.41, 5.74) is 0.145. The first-order chi connectivity index (χ1) is 9.70. The molecule has 0 radical (unpaired) electrons. The molecule has 1 aliphatic heterocycles. The molecular weight excluding hydrogens is 257 g/mol. The third-order valence-corrected chi connectivity index (χ3v) is 4.33. The molecule has 5 heteroatoms. The van der Waals surface area contributed by atoms with Gasteiger partial charge in [0.05, 0.1) is 5.56 Å². The molecule has 1 saturated heterocycles. The topological polar surface area (TPSA) is 45.2 Å². The van der Waals surface area contributed by atoms with Gasteiger partial charge in [-0.2, -0.15) is 0 Å². The molecule has 2 unspecified atom stereocenters. The summed E-state index contributed by atoms with van der Waals surface area (Å²) in [5, 5.41) is 2.93. The van der Waals surface area contributed by atoms with E-state index in [1.54, 1.807) is 0 Å². The largest absolute Gasteiger partial charge is 0.368 e. The van der Waals surface area contributed by atoms with Crippen LogP contribution in [0, 0.1) is 11.7 Å². The Morgan fingerprint density at radius 1 is 1.55 bits per heavy atom. The molecule has 0 aromatic carbocycles. The Kier molecular flexibility index (Phi) is 3.59. The van der Waals surface area contributed by atoms with E-state index in [0.717, 1.165) is 25.8 Å². The first-order valence-corrected chi connectivity index (χ1v) is 7.40. The number of aromatic nitrogens is 1. The fraction of sp³-hybridized carbons (Fsp3) is 0.600. The molecular formula is C15H20FN3O. The van der Waals surface area contributed by atoms with Crippen molar-refractivity contribution in [1.29, 1.82) is 0 Å². The summed E-state index contributed by atoms with van der Waals surface area (Å²) in [4.78, 5) is 18.3. The number of fused-ring (bicyclic) bond motifs is 2. The van der Waals surface area contributed by atoms with Gasteiger partial charge in [-0.15, -0.1) is 0 Å². The number of pyridine rings is 1. The fourth-order valence-corrected chi connectivity index (χ4v) is 3.30. The predicted octanol–water partition coefficient (Wildman–Crippen LogP) is 2.67. The van der Waals surface area contributed by atoms with Gasteiger partial charge in [0.15, 0.2) is 11.6 Å². The van der Waals surface area contributed by atoms with Crippen molar-refractivity contribution >= 4 is 11.7 Å². The van der Waals surface area contributed by atoms with Crippen molar-refractivity contribution in [2.75, 3.05) is 18.4 Å². The molecule has 108 valence electrons. The molecule has 4 nitrogen and oxygen atoms in total. The van der Waals surface area contributed by atoms with Gasteiger partial charge >= 0.3 is 0 Å². The number of likely N-dealkylation sites (tertiary alicyclic amines) is 1. The van der Waals surface area contributed by atoms with E-state index in [1.165, 1.54) is 18.7 Å². The minimum Gasteiger partial charge on any atom is -0.368 e. The Balaban J connectivity index is 1.81. The van der Waals surface area contributed by atoms with E-state index >= 15 is 0 Å². The van der Waals surface area contributed by atoms with Crippen molar-refractivity contribution in [2.24, 2.45) is 5.92 Å². The number of piperidine rings is 1. The highest BCUT2D eigenvalue weighted by atomic mass is 19.1. The summed E-state index contributed by atoms with van der Waals surface area (Å²) in [7, 11) is 0. The highest BCUT2D eigenvalue weighted by Gasteiger charge is 2.41. The van der Waals surface area contributed by atoms with E-state index in [2.05, 4.69) is 10.3 Å². The second-order valence-electron chi connectivity index (χ2n) is 5.74. The summed E-state index contributed by atoms with van der Waals surface area (Å²) in [6.07, 6.45) is 5.73. The normalized spacial score (nSPS) is 24.2. The number of amides is 1. The van der Waals surface area contributed by atoms with Crippen LogP contribution in [0.1, 0.15) is 43.0 Å². The smallest absolute Gasteiger partial charge is 0.257 e. The quantitative estimate of drug-likeness (QED) is 0.920. The zero-order valence-corrected chi connectivity index (χ0v) is 11.7. The lowest BCUT2D eigenvalue weighted by Gasteiger charge is -2.27. The second kappa shape index (κ2) is 5.38. The van der Waals surface area contributed by atoms with Gasteiger partial charge in [-0.25, -0.2) is 9.37 Å². The molecule has 1 aliphatic carbocycles. The lowest BCUT2D eigenvalue weighted by molar-refractivity contribution is 0.0699. The zero-order valence-electron chi connectivity index (χ0n) is 11.7. The molecule has 3 rings (SSSR count). The van der Waals surface area contributed by atoms with Crippen LogP contribution in [0.3, 0.4) is 0 Å². The molecule has 20 heavy (non-hydrogen) atoms. The molecule has 2 atom stereocenters. The lowest BCUT2D eigenvalue weighted by Crippen LogP contribution is -2.38. The number of nitrogens with one attached hydrogen (secondary N) is 1. The molecule has 2 bridgehead atoms. The Labute approximate surface area is 118 Å². The number of rotatable bonds is 4.